The van der Waals surface area contributed by atoms with Crippen LogP contribution in [0.2, 0.25) is 0 Å². The minimum atomic E-state index is -0.407. The lowest BCUT2D eigenvalue weighted by atomic mass is 9.94. The highest BCUT2D eigenvalue weighted by Crippen LogP contribution is 2.49. The number of carbonyl (C=O) groups excluding carboxylic acids is 1. The largest absolute Gasteiger partial charge is 0.497 e. The van der Waals surface area contributed by atoms with Gasteiger partial charge >= 0.3 is 0 Å². The first-order valence-corrected chi connectivity index (χ1v) is 8.44. The second-order valence-corrected chi connectivity index (χ2v) is 6.39. The summed E-state index contributed by atoms with van der Waals surface area (Å²) in [5.74, 6) is 1.66. The molecule has 0 saturated heterocycles. The van der Waals surface area contributed by atoms with Crippen molar-refractivity contribution in [1.82, 2.24) is 20.1 Å². The summed E-state index contributed by atoms with van der Waals surface area (Å²) in [6.07, 6.45) is 4.47. The SMILES string of the molecule is CCCn1cnnc1C(C)NC(=O)C1(c2ccc(OC)cc2)CC1. The molecule has 1 N–H and O–H groups in total. The molecule has 1 fully saturated rings. The summed E-state index contributed by atoms with van der Waals surface area (Å²) in [5.41, 5.74) is 0.638. The second-order valence-electron chi connectivity index (χ2n) is 6.39. The maximum atomic E-state index is 12.9. The van der Waals surface area contributed by atoms with Crippen LogP contribution in [0.25, 0.3) is 0 Å². The quantitative estimate of drug-likeness (QED) is 0.848. The predicted octanol–water partition coefficient (Wildman–Crippen LogP) is 2.61. The number of carbonyl (C=O) groups is 1. The Morgan fingerprint density at radius 2 is 2.08 bits per heavy atom. The Balaban J connectivity index is 1.72. The number of nitrogens with one attached hydrogen (secondary N) is 1. The fourth-order valence-corrected chi connectivity index (χ4v) is 3.09. The number of aryl methyl sites for hydroxylation is 1. The van der Waals surface area contributed by atoms with Gasteiger partial charge in [0.05, 0.1) is 18.6 Å². The molecule has 0 radical (unpaired) electrons. The highest BCUT2D eigenvalue weighted by molar-refractivity contribution is 5.91. The molecule has 6 nitrogen and oxygen atoms in total. The molecule has 3 rings (SSSR count). The average Bonchev–Trinajstić information content (AvgIpc) is 3.28. The molecule has 0 spiro atoms. The van der Waals surface area contributed by atoms with Crippen molar-refractivity contribution in [3.8, 4) is 5.75 Å². The average molecular weight is 328 g/mol. The molecule has 1 saturated carbocycles. The van der Waals surface area contributed by atoms with E-state index in [0.717, 1.165) is 42.9 Å². The number of hydrogen-bond donors (Lipinski definition) is 1. The molecular formula is C18H24N4O2. The number of hydrogen-bond acceptors (Lipinski definition) is 4. The number of aromatic nitrogens is 3. The zero-order valence-electron chi connectivity index (χ0n) is 14.5. The van der Waals surface area contributed by atoms with Gasteiger partial charge in [-0.05, 0) is 43.9 Å². The van der Waals surface area contributed by atoms with Gasteiger partial charge in [-0.15, -0.1) is 10.2 Å². The zero-order chi connectivity index (χ0) is 17.2. The number of nitrogens with zero attached hydrogens (tertiary/aromatic N) is 3. The Bertz CT molecular complexity index is 704. The van der Waals surface area contributed by atoms with Crippen molar-refractivity contribution >= 4 is 5.91 Å². The van der Waals surface area contributed by atoms with Gasteiger partial charge in [-0.25, -0.2) is 0 Å². The van der Waals surface area contributed by atoms with Gasteiger partial charge in [0.1, 0.15) is 12.1 Å². The fraction of sp³-hybridized carbons (Fsp3) is 0.500. The maximum Gasteiger partial charge on any atom is 0.231 e. The Hall–Kier alpha value is -2.37. The summed E-state index contributed by atoms with van der Waals surface area (Å²) in [4.78, 5) is 12.9. The molecule has 1 heterocycles. The van der Waals surface area contributed by atoms with E-state index in [1.54, 1.807) is 13.4 Å². The van der Waals surface area contributed by atoms with Gasteiger partial charge in [0.25, 0.3) is 0 Å². The predicted molar refractivity (Wildman–Crippen MR) is 90.8 cm³/mol. The smallest absolute Gasteiger partial charge is 0.231 e. The number of methoxy groups -OCH3 is 1. The fourth-order valence-electron chi connectivity index (χ4n) is 3.09. The summed E-state index contributed by atoms with van der Waals surface area (Å²) >= 11 is 0. The maximum absolute atomic E-state index is 12.9. The van der Waals surface area contributed by atoms with E-state index in [4.69, 9.17) is 4.74 Å². The summed E-state index contributed by atoms with van der Waals surface area (Å²) in [6, 6.07) is 7.61. The first-order chi connectivity index (χ1) is 11.6. The van der Waals surface area contributed by atoms with Gasteiger partial charge in [0.2, 0.25) is 5.91 Å². The highest BCUT2D eigenvalue weighted by atomic mass is 16.5. The van der Waals surface area contributed by atoms with Crippen molar-refractivity contribution in [2.45, 2.75) is 51.1 Å². The van der Waals surface area contributed by atoms with Crippen molar-refractivity contribution in [2.75, 3.05) is 7.11 Å². The van der Waals surface area contributed by atoms with E-state index in [2.05, 4.69) is 22.4 Å². The van der Waals surface area contributed by atoms with E-state index < -0.39 is 5.41 Å². The third-order valence-electron chi connectivity index (χ3n) is 4.67. The van der Waals surface area contributed by atoms with E-state index in [1.807, 2.05) is 35.8 Å². The van der Waals surface area contributed by atoms with Gasteiger partial charge in [-0.1, -0.05) is 19.1 Å². The van der Waals surface area contributed by atoms with Crippen LogP contribution in [-0.4, -0.2) is 27.8 Å². The molecule has 2 aromatic rings. The van der Waals surface area contributed by atoms with Crippen LogP contribution in [0.15, 0.2) is 30.6 Å². The van der Waals surface area contributed by atoms with Crippen LogP contribution in [-0.2, 0) is 16.8 Å². The van der Waals surface area contributed by atoms with Gasteiger partial charge in [-0.2, -0.15) is 0 Å². The van der Waals surface area contributed by atoms with Crippen molar-refractivity contribution in [1.29, 1.82) is 0 Å². The molecule has 6 heteroatoms. The lowest BCUT2D eigenvalue weighted by Crippen LogP contribution is -2.37. The van der Waals surface area contributed by atoms with Gasteiger partial charge in [0.15, 0.2) is 5.82 Å². The van der Waals surface area contributed by atoms with E-state index >= 15 is 0 Å². The van der Waals surface area contributed by atoms with Gasteiger partial charge in [0, 0.05) is 6.54 Å². The normalized spacial score (nSPS) is 16.5. The first kappa shape index (κ1) is 16.5. The van der Waals surface area contributed by atoms with Crippen LogP contribution in [0.4, 0.5) is 0 Å². The van der Waals surface area contributed by atoms with Crippen molar-refractivity contribution in [3.63, 3.8) is 0 Å². The van der Waals surface area contributed by atoms with Crippen LogP contribution >= 0.6 is 0 Å². The van der Waals surface area contributed by atoms with E-state index in [0.29, 0.717) is 0 Å². The molecule has 0 bridgehead atoms. The molecule has 0 aliphatic heterocycles. The Morgan fingerprint density at radius 1 is 1.38 bits per heavy atom. The monoisotopic (exact) mass is 328 g/mol. The summed E-state index contributed by atoms with van der Waals surface area (Å²) < 4.78 is 7.19. The van der Waals surface area contributed by atoms with Gasteiger partial charge < -0.3 is 14.6 Å². The van der Waals surface area contributed by atoms with Crippen molar-refractivity contribution in [3.05, 3.63) is 42.0 Å². The number of rotatable bonds is 7. The molecule has 1 amide bonds. The third kappa shape index (κ3) is 3.00. The van der Waals surface area contributed by atoms with Crippen molar-refractivity contribution in [2.24, 2.45) is 0 Å². The zero-order valence-corrected chi connectivity index (χ0v) is 14.5. The van der Waals surface area contributed by atoms with Crippen molar-refractivity contribution < 1.29 is 9.53 Å². The minimum Gasteiger partial charge on any atom is -0.497 e. The van der Waals surface area contributed by atoms with E-state index in [-0.39, 0.29) is 11.9 Å². The van der Waals surface area contributed by atoms with E-state index in [9.17, 15) is 4.79 Å². The van der Waals surface area contributed by atoms with Crippen LogP contribution in [0.5, 0.6) is 5.75 Å². The van der Waals surface area contributed by atoms with Gasteiger partial charge in [-0.3, -0.25) is 4.79 Å². The van der Waals surface area contributed by atoms with Crippen LogP contribution in [0.3, 0.4) is 0 Å². The molecule has 1 aliphatic carbocycles. The molecule has 1 unspecified atom stereocenters. The molecule has 128 valence electrons. The number of benzene rings is 1. The number of ether oxygens (including phenoxy) is 1. The molecule has 24 heavy (non-hydrogen) atoms. The lowest BCUT2D eigenvalue weighted by molar-refractivity contribution is -0.124. The lowest BCUT2D eigenvalue weighted by Gasteiger charge is -2.20. The Labute approximate surface area is 142 Å². The third-order valence-corrected chi connectivity index (χ3v) is 4.67. The summed E-state index contributed by atoms with van der Waals surface area (Å²) in [7, 11) is 1.64. The summed E-state index contributed by atoms with van der Waals surface area (Å²) in [5, 5.41) is 11.3. The Morgan fingerprint density at radius 3 is 2.67 bits per heavy atom. The topological polar surface area (TPSA) is 69.0 Å². The van der Waals surface area contributed by atoms with Crippen LogP contribution in [0.1, 0.15) is 50.5 Å². The molecule has 1 atom stereocenters. The first-order valence-electron chi connectivity index (χ1n) is 8.44. The van der Waals surface area contributed by atoms with Crippen LogP contribution in [0, 0.1) is 0 Å². The second kappa shape index (κ2) is 6.63. The molecule has 1 aromatic heterocycles. The molecular weight excluding hydrogens is 304 g/mol. The summed E-state index contributed by atoms with van der Waals surface area (Å²) in [6.45, 7) is 4.92. The minimum absolute atomic E-state index is 0.0613. The standard InChI is InChI=1S/C18H24N4O2/c1-4-11-22-12-19-21-16(22)13(2)20-17(23)18(9-10-18)14-5-7-15(24-3)8-6-14/h5-8,12-13H,4,9-11H2,1-3H3,(H,20,23). The highest BCUT2D eigenvalue weighted by Gasteiger charge is 2.51. The van der Waals surface area contributed by atoms with E-state index in [1.165, 1.54) is 0 Å². The molecule has 1 aromatic carbocycles. The van der Waals surface area contributed by atoms with Crippen LogP contribution < -0.4 is 10.1 Å². The number of amides is 1. The Kier molecular flexibility index (Phi) is 4.55. The molecule has 1 aliphatic rings.